The summed E-state index contributed by atoms with van der Waals surface area (Å²) in [4.78, 5) is 36.5. The first-order valence-corrected chi connectivity index (χ1v) is 10.2. The van der Waals surface area contributed by atoms with Gasteiger partial charge in [-0.3, -0.25) is 14.6 Å². The highest BCUT2D eigenvalue weighted by molar-refractivity contribution is 6.30. The number of anilines is 2. The Balaban J connectivity index is 1.77. The summed E-state index contributed by atoms with van der Waals surface area (Å²) < 4.78 is 19.1. The Morgan fingerprint density at radius 3 is 2.81 bits per heavy atom. The monoisotopic (exact) mass is 454 g/mol. The van der Waals surface area contributed by atoms with E-state index in [0.717, 1.165) is 11.6 Å². The van der Waals surface area contributed by atoms with Crippen molar-refractivity contribution in [2.24, 2.45) is 0 Å². The first-order valence-electron chi connectivity index (χ1n) is 9.87. The number of methoxy groups -OCH3 is 1. The topological polar surface area (TPSA) is 84.4 Å². The Kier molecular flexibility index (Phi) is 5.80. The van der Waals surface area contributed by atoms with Crippen LogP contribution >= 0.6 is 11.6 Å². The van der Waals surface area contributed by atoms with Gasteiger partial charge in [0.05, 0.1) is 35.1 Å². The summed E-state index contributed by atoms with van der Waals surface area (Å²) in [6.45, 7) is 3.27. The number of aryl methyl sites for hydroxylation is 1. The summed E-state index contributed by atoms with van der Waals surface area (Å²) in [5.41, 5.74) is 3.46. The van der Waals surface area contributed by atoms with Gasteiger partial charge in [-0.25, -0.2) is 9.37 Å². The number of aromatic nitrogens is 2. The molecule has 9 heteroatoms. The quantitative estimate of drug-likeness (QED) is 0.633. The number of hydrogen-bond donors (Lipinski definition) is 1. The third-order valence-corrected chi connectivity index (χ3v) is 5.62. The van der Waals surface area contributed by atoms with Crippen LogP contribution in [0.3, 0.4) is 0 Å². The third-order valence-electron chi connectivity index (χ3n) is 5.32. The molecule has 1 unspecified atom stereocenters. The number of carbonyl (C=O) groups excluding carboxylic acids is 2. The number of amides is 2. The fraction of sp³-hybridized carbons (Fsp3) is 0.217. The molecule has 1 aromatic carbocycles. The third kappa shape index (κ3) is 3.89. The predicted molar refractivity (Wildman–Crippen MR) is 120 cm³/mol. The second-order valence-electron chi connectivity index (χ2n) is 7.40. The minimum atomic E-state index is -0.651. The molecule has 0 saturated heterocycles. The number of halogens is 2. The van der Waals surface area contributed by atoms with Crippen LogP contribution in [-0.4, -0.2) is 35.4 Å². The zero-order valence-electron chi connectivity index (χ0n) is 17.6. The number of ether oxygens (including phenoxy) is 1. The van der Waals surface area contributed by atoms with Gasteiger partial charge in [-0.1, -0.05) is 17.7 Å². The maximum atomic E-state index is 13.8. The minimum Gasteiger partial charge on any atom is -0.481 e. The van der Waals surface area contributed by atoms with Crippen molar-refractivity contribution in [3.63, 3.8) is 0 Å². The van der Waals surface area contributed by atoms with Crippen LogP contribution in [0.15, 0.2) is 42.6 Å². The van der Waals surface area contributed by atoms with E-state index >= 15 is 0 Å². The van der Waals surface area contributed by atoms with E-state index < -0.39 is 17.6 Å². The van der Waals surface area contributed by atoms with Gasteiger partial charge in [-0.15, -0.1) is 0 Å². The number of fused-ring (bicyclic) bond motifs is 3. The molecule has 2 aromatic heterocycles. The minimum absolute atomic E-state index is 0.0474. The molecule has 0 spiro atoms. The van der Waals surface area contributed by atoms with Crippen molar-refractivity contribution in [2.45, 2.75) is 19.8 Å². The normalized spacial score (nSPS) is 15.0. The second kappa shape index (κ2) is 8.55. The van der Waals surface area contributed by atoms with Gasteiger partial charge in [0, 0.05) is 29.1 Å². The van der Waals surface area contributed by atoms with Crippen molar-refractivity contribution in [2.75, 3.05) is 23.9 Å². The molecule has 3 aromatic rings. The smallest absolute Gasteiger partial charge is 0.244 e. The number of nitrogens with zero attached hydrogens (tertiary/aromatic N) is 3. The maximum absolute atomic E-state index is 13.8. The van der Waals surface area contributed by atoms with E-state index in [2.05, 4.69) is 15.3 Å². The summed E-state index contributed by atoms with van der Waals surface area (Å²) in [5.74, 6) is -1.72. The molecule has 0 radical (unpaired) electrons. The summed E-state index contributed by atoms with van der Waals surface area (Å²) in [7, 11) is 1.48. The van der Waals surface area contributed by atoms with E-state index in [1.165, 1.54) is 24.1 Å². The molecule has 0 saturated carbocycles. The second-order valence-corrected chi connectivity index (χ2v) is 7.81. The van der Waals surface area contributed by atoms with E-state index in [1.807, 2.05) is 13.0 Å². The number of carbonyl (C=O) groups is 2. The van der Waals surface area contributed by atoms with Gasteiger partial charge < -0.3 is 15.0 Å². The average Bonchev–Trinajstić information content (AvgIpc) is 2.86. The van der Waals surface area contributed by atoms with Crippen LogP contribution in [0.2, 0.25) is 5.02 Å². The van der Waals surface area contributed by atoms with Crippen molar-refractivity contribution in [3.05, 3.63) is 64.8 Å². The molecule has 0 bridgehead atoms. The highest BCUT2D eigenvalue weighted by Crippen LogP contribution is 2.42. The van der Waals surface area contributed by atoms with E-state index in [-0.39, 0.29) is 23.2 Å². The lowest BCUT2D eigenvalue weighted by molar-refractivity contribution is -0.122. The van der Waals surface area contributed by atoms with Crippen LogP contribution in [0.1, 0.15) is 24.2 Å². The van der Waals surface area contributed by atoms with Crippen LogP contribution < -0.4 is 15.0 Å². The molecule has 1 atom stereocenters. The standard InChI is InChI=1S/C23H20ClFN4O3/c1-12-22-15(5-4-8-26-22)21-13(2)27-20(32-3)10-18(21)29(23(12)31)11-19(30)28-14-6-7-16(24)17(25)9-14/h4-10,12H,11H2,1-3H3,(H,28,30). The first-order chi connectivity index (χ1) is 15.3. The van der Waals surface area contributed by atoms with Gasteiger partial charge in [0.1, 0.15) is 12.4 Å². The maximum Gasteiger partial charge on any atom is 0.244 e. The molecule has 32 heavy (non-hydrogen) atoms. The molecule has 7 nitrogen and oxygen atoms in total. The van der Waals surface area contributed by atoms with Crippen LogP contribution in [0, 0.1) is 12.7 Å². The van der Waals surface area contributed by atoms with E-state index in [0.29, 0.717) is 28.5 Å². The number of rotatable bonds is 4. The van der Waals surface area contributed by atoms with E-state index in [1.54, 1.807) is 25.3 Å². The molecule has 0 aliphatic carbocycles. The Bertz CT molecular complexity index is 1230. The fourth-order valence-corrected chi connectivity index (χ4v) is 3.92. The van der Waals surface area contributed by atoms with Gasteiger partial charge >= 0.3 is 0 Å². The van der Waals surface area contributed by atoms with Crippen LogP contribution in [-0.2, 0) is 9.59 Å². The average molecular weight is 455 g/mol. The fourth-order valence-electron chi connectivity index (χ4n) is 3.80. The first kappa shape index (κ1) is 21.7. The van der Waals surface area contributed by atoms with Crippen molar-refractivity contribution < 1.29 is 18.7 Å². The van der Waals surface area contributed by atoms with Crippen molar-refractivity contribution in [1.29, 1.82) is 0 Å². The number of benzene rings is 1. The molecule has 2 amide bonds. The van der Waals surface area contributed by atoms with Crippen LogP contribution in [0.5, 0.6) is 5.88 Å². The molecule has 4 rings (SSSR count). The Labute approximate surface area is 189 Å². The van der Waals surface area contributed by atoms with Gasteiger partial charge in [-0.2, -0.15) is 0 Å². The largest absolute Gasteiger partial charge is 0.481 e. The summed E-state index contributed by atoms with van der Waals surface area (Å²) in [6, 6.07) is 9.26. The molecule has 3 heterocycles. The lowest BCUT2D eigenvalue weighted by atomic mass is 9.96. The summed E-state index contributed by atoms with van der Waals surface area (Å²) in [5, 5.41) is 2.57. The zero-order chi connectivity index (χ0) is 23.0. The highest BCUT2D eigenvalue weighted by atomic mass is 35.5. The molecular formula is C23H20ClFN4O3. The van der Waals surface area contributed by atoms with Crippen LogP contribution in [0.4, 0.5) is 15.8 Å². The van der Waals surface area contributed by atoms with Gasteiger partial charge in [0.15, 0.2) is 0 Å². The SMILES string of the molecule is COc1cc2c(c(C)n1)-c1cccnc1C(C)C(=O)N2CC(=O)Nc1ccc(Cl)c(F)c1. The Morgan fingerprint density at radius 2 is 2.09 bits per heavy atom. The number of nitrogens with one attached hydrogen (secondary N) is 1. The van der Waals surface area contributed by atoms with Gasteiger partial charge in [-0.05, 0) is 38.1 Å². The van der Waals surface area contributed by atoms with Crippen LogP contribution in [0.25, 0.3) is 11.1 Å². The molecule has 1 aliphatic heterocycles. The Hall–Kier alpha value is -3.52. The lowest BCUT2D eigenvalue weighted by Crippen LogP contribution is -2.40. The molecule has 1 aliphatic rings. The van der Waals surface area contributed by atoms with E-state index in [4.69, 9.17) is 16.3 Å². The van der Waals surface area contributed by atoms with E-state index in [9.17, 15) is 14.0 Å². The molecule has 1 N–H and O–H groups in total. The highest BCUT2D eigenvalue weighted by Gasteiger charge is 2.35. The van der Waals surface area contributed by atoms with Gasteiger partial charge in [0.2, 0.25) is 17.7 Å². The predicted octanol–water partition coefficient (Wildman–Crippen LogP) is 4.34. The van der Waals surface area contributed by atoms with Crippen molar-refractivity contribution in [3.8, 4) is 17.0 Å². The number of pyridine rings is 2. The van der Waals surface area contributed by atoms with Gasteiger partial charge in [0.25, 0.3) is 0 Å². The lowest BCUT2D eigenvalue weighted by Gasteiger charge is -2.25. The Morgan fingerprint density at radius 1 is 1.31 bits per heavy atom. The summed E-state index contributed by atoms with van der Waals surface area (Å²) >= 11 is 5.71. The van der Waals surface area contributed by atoms with Crippen molar-refractivity contribution >= 4 is 34.8 Å². The molecular weight excluding hydrogens is 435 g/mol. The summed E-state index contributed by atoms with van der Waals surface area (Å²) in [6.07, 6.45) is 1.63. The molecule has 0 fully saturated rings. The molecule has 164 valence electrons. The number of hydrogen-bond acceptors (Lipinski definition) is 5. The van der Waals surface area contributed by atoms with Crippen molar-refractivity contribution in [1.82, 2.24) is 9.97 Å². The zero-order valence-corrected chi connectivity index (χ0v) is 18.4.